The third kappa shape index (κ3) is 5.18. The zero-order valence-corrected chi connectivity index (χ0v) is 22.5. The second-order valence-corrected chi connectivity index (χ2v) is 10.3. The monoisotopic (exact) mass is 682 g/mol. The normalized spacial score (nSPS) is 17.0. The molecule has 1 aliphatic rings. The predicted octanol–water partition coefficient (Wildman–Crippen LogP) is 6.50. The summed E-state index contributed by atoms with van der Waals surface area (Å²) in [6.07, 6.45) is -9.85. The summed E-state index contributed by atoms with van der Waals surface area (Å²) >= 11 is 9.16. The number of nitrogens with zero attached hydrogens (tertiary/aromatic N) is 2. The van der Waals surface area contributed by atoms with Crippen LogP contribution < -0.4 is 10.6 Å². The smallest absolute Gasteiger partial charge is 0.363 e. The molecule has 0 saturated heterocycles. The van der Waals surface area contributed by atoms with Crippen molar-refractivity contribution in [2.75, 3.05) is 5.32 Å². The number of aliphatic hydroxyl groups is 1. The number of rotatable bonds is 4. The Balaban J connectivity index is 1.78. The number of amides is 2. The van der Waals surface area contributed by atoms with E-state index >= 15 is 0 Å². The largest absolute Gasteiger partial charge is 0.416 e. The summed E-state index contributed by atoms with van der Waals surface area (Å²) in [6.45, 7) is -1.66. The van der Waals surface area contributed by atoms with Gasteiger partial charge in [-0.3, -0.25) is 14.3 Å². The number of carbonyl (C=O) groups excluding carboxylic acids is 2. The minimum Gasteiger partial charge on any atom is -0.363 e. The van der Waals surface area contributed by atoms with Crippen LogP contribution in [0.3, 0.4) is 0 Å². The molecular weight excluding hydrogens is 672 g/mol. The highest BCUT2D eigenvalue weighted by molar-refractivity contribution is 9.10. The third-order valence-corrected chi connectivity index (χ3v) is 7.15. The molecule has 3 aromatic carbocycles. The van der Waals surface area contributed by atoms with Crippen molar-refractivity contribution in [1.82, 2.24) is 15.1 Å². The fourth-order valence-electron chi connectivity index (χ4n) is 4.63. The highest BCUT2D eigenvalue weighted by Crippen LogP contribution is 2.47. The van der Waals surface area contributed by atoms with Crippen LogP contribution in [0.1, 0.15) is 37.4 Å². The molecular formula is C25H12BrClF8N4O3. The maximum atomic E-state index is 14.2. The molecule has 0 fully saturated rings. The van der Waals surface area contributed by atoms with Crippen molar-refractivity contribution in [3.8, 4) is 0 Å². The molecule has 0 aliphatic carbocycles. The second kappa shape index (κ2) is 9.91. The number of carbonyl (C=O) groups is 2. The van der Waals surface area contributed by atoms with Gasteiger partial charge in [-0.1, -0.05) is 11.6 Å². The van der Waals surface area contributed by atoms with E-state index in [9.17, 15) is 49.8 Å². The fraction of sp³-hybridized carbons (Fsp3) is 0.160. The Kier molecular flexibility index (Phi) is 7.02. The summed E-state index contributed by atoms with van der Waals surface area (Å²) < 4.78 is 108. The Morgan fingerprint density at radius 3 is 2.40 bits per heavy atom. The Bertz CT molecular complexity index is 1810. The number of hydrogen-bond donors (Lipinski definition) is 3. The number of anilines is 1. The Morgan fingerprint density at radius 1 is 1.07 bits per heavy atom. The molecule has 1 unspecified atom stereocenters. The van der Waals surface area contributed by atoms with Crippen LogP contribution in [0.4, 0.5) is 40.8 Å². The minimum absolute atomic E-state index is 0.140. The molecule has 7 nitrogen and oxygen atoms in total. The van der Waals surface area contributed by atoms with Gasteiger partial charge in [0.25, 0.3) is 11.8 Å². The van der Waals surface area contributed by atoms with E-state index in [0.29, 0.717) is 16.8 Å². The van der Waals surface area contributed by atoms with Gasteiger partial charge in [-0.15, -0.1) is 0 Å². The molecule has 220 valence electrons. The van der Waals surface area contributed by atoms with Crippen LogP contribution in [0.25, 0.3) is 10.9 Å². The van der Waals surface area contributed by atoms with Crippen LogP contribution >= 0.6 is 27.5 Å². The van der Waals surface area contributed by atoms with Crippen LogP contribution in [0.15, 0.2) is 47.1 Å². The van der Waals surface area contributed by atoms with Crippen LogP contribution in [0, 0.1) is 11.6 Å². The first kappa shape index (κ1) is 29.7. The molecule has 42 heavy (non-hydrogen) atoms. The van der Waals surface area contributed by atoms with Gasteiger partial charge in [-0.2, -0.15) is 31.4 Å². The number of hydrogen-bond acceptors (Lipinski definition) is 4. The van der Waals surface area contributed by atoms with E-state index in [1.807, 2.05) is 0 Å². The molecule has 0 bridgehead atoms. The van der Waals surface area contributed by atoms with Gasteiger partial charge >= 0.3 is 12.4 Å². The molecule has 1 aliphatic heterocycles. The van der Waals surface area contributed by atoms with Crippen LogP contribution in [-0.4, -0.2) is 32.9 Å². The van der Waals surface area contributed by atoms with Gasteiger partial charge in [0.15, 0.2) is 5.72 Å². The number of fused-ring (bicyclic) bond motifs is 3. The van der Waals surface area contributed by atoms with Gasteiger partial charge < -0.3 is 15.7 Å². The molecule has 4 aromatic rings. The average molecular weight is 684 g/mol. The maximum absolute atomic E-state index is 14.2. The van der Waals surface area contributed by atoms with Crippen molar-refractivity contribution in [1.29, 1.82) is 0 Å². The van der Waals surface area contributed by atoms with E-state index in [-0.39, 0.29) is 21.1 Å². The lowest BCUT2D eigenvalue weighted by molar-refractivity contribution is -0.142. The number of nitrogens with one attached hydrogen (secondary N) is 2. The molecule has 3 N–H and O–H groups in total. The van der Waals surface area contributed by atoms with E-state index in [1.165, 1.54) is 0 Å². The van der Waals surface area contributed by atoms with Gasteiger partial charge in [0.05, 0.1) is 22.3 Å². The summed E-state index contributed by atoms with van der Waals surface area (Å²) in [6, 6.07) is 4.51. The molecule has 17 heteroatoms. The molecule has 5 rings (SSSR count). The zero-order valence-electron chi connectivity index (χ0n) is 20.2. The van der Waals surface area contributed by atoms with Gasteiger partial charge in [0.1, 0.15) is 22.8 Å². The molecule has 1 aromatic heterocycles. The number of halogens is 10. The quantitative estimate of drug-likeness (QED) is 0.214. The minimum atomic E-state index is -5.04. The van der Waals surface area contributed by atoms with Crippen molar-refractivity contribution in [3.63, 3.8) is 0 Å². The van der Waals surface area contributed by atoms with Crippen molar-refractivity contribution >= 4 is 55.9 Å². The first-order valence-corrected chi connectivity index (χ1v) is 12.6. The molecule has 0 spiro atoms. The number of alkyl halides is 6. The van der Waals surface area contributed by atoms with E-state index in [4.69, 9.17) is 11.6 Å². The van der Waals surface area contributed by atoms with Crippen molar-refractivity contribution in [3.05, 3.63) is 91.5 Å². The van der Waals surface area contributed by atoms with Gasteiger partial charge in [0.2, 0.25) is 0 Å². The molecule has 1 atom stereocenters. The van der Waals surface area contributed by atoms with Gasteiger partial charge in [-0.25, -0.2) is 8.78 Å². The predicted molar refractivity (Wildman–Crippen MR) is 135 cm³/mol. The number of aromatic nitrogens is 2. The van der Waals surface area contributed by atoms with E-state index < -0.39 is 87.1 Å². The highest BCUT2D eigenvalue weighted by atomic mass is 79.9. The van der Waals surface area contributed by atoms with E-state index in [0.717, 1.165) is 24.3 Å². The van der Waals surface area contributed by atoms with Gasteiger partial charge in [-0.05, 0) is 58.4 Å². The number of benzene rings is 3. The van der Waals surface area contributed by atoms with Crippen molar-refractivity contribution in [2.24, 2.45) is 0 Å². The lowest BCUT2D eigenvalue weighted by Gasteiger charge is -2.27. The Morgan fingerprint density at radius 2 is 1.76 bits per heavy atom. The summed E-state index contributed by atoms with van der Waals surface area (Å²) in [7, 11) is 0. The summed E-state index contributed by atoms with van der Waals surface area (Å²) in [5, 5.41) is 19.3. The highest BCUT2D eigenvalue weighted by Gasteiger charge is 2.48. The first-order chi connectivity index (χ1) is 19.4. The van der Waals surface area contributed by atoms with Crippen molar-refractivity contribution in [2.45, 2.75) is 24.6 Å². The lowest BCUT2D eigenvalue weighted by Crippen LogP contribution is -2.41. The van der Waals surface area contributed by atoms with Crippen LogP contribution in [0.5, 0.6) is 0 Å². The standard InChI is InChI=1S/C25H12BrClF8N4O3/c26-20-17-16(39(38-20)8-23(30,31)32)7-15(36-21(40)9-3-10(25(33,34)35)5-12(29)4-9)19-18(17)22(41)37-24(19,42)13-6-11(28)1-2-14(13)27/h1-7,42H,8H2,(H,36,40)(H,37,41). The average Bonchev–Trinajstić information content (AvgIpc) is 3.31. The van der Waals surface area contributed by atoms with Crippen molar-refractivity contribution < 1.29 is 49.8 Å². The van der Waals surface area contributed by atoms with Crippen LogP contribution in [-0.2, 0) is 18.4 Å². The summed E-state index contributed by atoms with van der Waals surface area (Å²) in [5.41, 5.74) is -7.58. The van der Waals surface area contributed by atoms with Crippen LogP contribution in [0.2, 0.25) is 5.02 Å². The fourth-order valence-corrected chi connectivity index (χ4v) is 5.47. The first-order valence-electron chi connectivity index (χ1n) is 11.4. The van der Waals surface area contributed by atoms with E-state index in [2.05, 4.69) is 31.7 Å². The topological polar surface area (TPSA) is 96.2 Å². The molecule has 0 radical (unpaired) electrons. The molecule has 0 saturated carbocycles. The summed E-state index contributed by atoms with van der Waals surface area (Å²) in [4.78, 5) is 26.4. The molecule has 2 amide bonds. The lowest BCUT2D eigenvalue weighted by atomic mass is 9.91. The Labute approximate surface area is 242 Å². The molecule has 2 heterocycles. The second-order valence-electron chi connectivity index (χ2n) is 9.10. The van der Waals surface area contributed by atoms with E-state index in [1.54, 1.807) is 0 Å². The Hall–Kier alpha value is -3.76. The summed E-state index contributed by atoms with van der Waals surface area (Å²) in [5.74, 6) is -4.85. The van der Waals surface area contributed by atoms with Gasteiger partial charge in [0, 0.05) is 27.1 Å². The third-order valence-electron chi connectivity index (χ3n) is 6.27. The zero-order chi connectivity index (χ0) is 30.9. The SMILES string of the molecule is O=C(Nc1cc2c(c(Br)nn2CC(F)(F)F)c2c1C(O)(c1cc(F)ccc1Cl)NC2=O)c1cc(F)cc(C(F)(F)F)c1. The maximum Gasteiger partial charge on any atom is 0.416 e.